The number of aliphatic hydroxyl groups is 1. The average Bonchev–Trinajstić information content (AvgIpc) is 2.22. The molecule has 3 N–H and O–H groups in total. The van der Waals surface area contributed by atoms with Crippen molar-refractivity contribution in [3.8, 4) is 0 Å². The molecular formula is C10H9FO6. The van der Waals surface area contributed by atoms with Crippen molar-refractivity contribution in [2.75, 3.05) is 0 Å². The highest BCUT2D eigenvalue weighted by molar-refractivity contribution is 5.91. The number of halogens is 1. The molecule has 0 aromatic rings. The standard InChI is InChI=1S/C10H9FO6/c1-4(9(13)14)17-8-6(12)3-2-5(7(8)11)10(15)16/h2-3,6,8,12H,1H2,(H,13,14)(H,15,16)/t6-,8+/m1/s1. The van der Waals surface area contributed by atoms with E-state index in [0.717, 1.165) is 12.2 Å². The van der Waals surface area contributed by atoms with Crippen LogP contribution < -0.4 is 0 Å². The maximum atomic E-state index is 13.6. The molecule has 2 atom stereocenters. The van der Waals surface area contributed by atoms with Crippen LogP contribution in [0.5, 0.6) is 0 Å². The third kappa shape index (κ3) is 2.70. The van der Waals surface area contributed by atoms with Gasteiger partial charge in [-0.1, -0.05) is 6.08 Å². The highest BCUT2D eigenvalue weighted by Gasteiger charge is 2.33. The summed E-state index contributed by atoms with van der Waals surface area (Å²) in [5.41, 5.74) is -0.696. The monoisotopic (exact) mass is 244 g/mol. The van der Waals surface area contributed by atoms with Crippen molar-refractivity contribution in [3.05, 3.63) is 35.9 Å². The van der Waals surface area contributed by atoms with E-state index in [1.54, 1.807) is 0 Å². The maximum Gasteiger partial charge on any atom is 0.370 e. The Labute approximate surface area is 94.9 Å². The maximum absolute atomic E-state index is 13.6. The summed E-state index contributed by atoms with van der Waals surface area (Å²) in [7, 11) is 0. The zero-order chi connectivity index (χ0) is 13.2. The molecule has 0 spiro atoms. The summed E-state index contributed by atoms with van der Waals surface area (Å²) in [6, 6.07) is 0. The van der Waals surface area contributed by atoms with Gasteiger partial charge >= 0.3 is 11.9 Å². The van der Waals surface area contributed by atoms with Gasteiger partial charge in [0.15, 0.2) is 17.7 Å². The van der Waals surface area contributed by atoms with Crippen LogP contribution in [-0.2, 0) is 14.3 Å². The second-order valence-electron chi connectivity index (χ2n) is 3.18. The van der Waals surface area contributed by atoms with E-state index in [2.05, 4.69) is 11.3 Å². The number of hydrogen-bond donors (Lipinski definition) is 3. The molecule has 6 nitrogen and oxygen atoms in total. The number of carbonyl (C=O) groups is 2. The summed E-state index contributed by atoms with van der Waals surface area (Å²) in [5, 5.41) is 26.5. The van der Waals surface area contributed by atoms with Gasteiger partial charge in [-0.3, -0.25) is 0 Å². The van der Waals surface area contributed by atoms with E-state index in [0.29, 0.717) is 0 Å². The lowest BCUT2D eigenvalue weighted by Gasteiger charge is -2.24. The Morgan fingerprint density at radius 2 is 2.00 bits per heavy atom. The SMILES string of the molecule is C=C(O[C@@H]1C(F)=C(C(=O)O)C=C[C@H]1O)C(=O)O. The predicted molar refractivity (Wildman–Crippen MR) is 52.6 cm³/mol. The lowest BCUT2D eigenvalue weighted by Crippen LogP contribution is -2.32. The molecule has 1 aliphatic carbocycles. The third-order valence-electron chi connectivity index (χ3n) is 2.02. The second-order valence-corrected chi connectivity index (χ2v) is 3.18. The molecule has 0 saturated carbocycles. The molecule has 0 saturated heterocycles. The van der Waals surface area contributed by atoms with E-state index in [-0.39, 0.29) is 0 Å². The fourth-order valence-corrected chi connectivity index (χ4v) is 1.18. The topological polar surface area (TPSA) is 104 Å². The van der Waals surface area contributed by atoms with Crippen molar-refractivity contribution in [2.24, 2.45) is 0 Å². The molecule has 0 radical (unpaired) electrons. The summed E-state index contributed by atoms with van der Waals surface area (Å²) < 4.78 is 18.1. The number of ether oxygens (including phenoxy) is 1. The quantitative estimate of drug-likeness (QED) is 0.482. The molecule has 17 heavy (non-hydrogen) atoms. The van der Waals surface area contributed by atoms with Gasteiger partial charge in [0, 0.05) is 0 Å². The number of aliphatic carboxylic acids is 2. The highest BCUT2D eigenvalue weighted by atomic mass is 19.1. The molecule has 0 heterocycles. The Morgan fingerprint density at radius 1 is 1.41 bits per heavy atom. The Kier molecular flexibility index (Phi) is 3.64. The van der Waals surface area contributed by atoms with Gasteiger partial charge in [-0.25, -0.2) is 14.0 Å². The molecule has 0 unspecified atom stereocenters. The number of carboxylic acids is 2. The third-order valence-corrected chi connectivity index (χ3v) is 2.02. The number of carboxylic acid groups (broad SMARTS) is 2. The summed E-state index contributed by atoms with van der Waals surface area (Å²) in [5.74, 6) is -5.12. The van der Waals surface area contributed by atoms with Crippen molar-refractivity contribution >= 4 is 11.9 Å². The smallest absolute Gasteiger partial charge is 0.370 e. The van der Waals surface area contributed by atoms with Gasteiger partial charge in [-0.15, -0.1) is 0 Å². The highest BCUT2D eigenvalue weighted by Crippen LogP contribution is 2.25. The zero-order valence-electron chi connectivity index (χ0n) is 8.46. The number of aliphatic hydroxyl groups excluding tert-OH is 1. The van der Waals surface area contributed by atoms with Gasteiger partial charge in [-0.05, 0) is 12.7 Å². The van der Waals surface area contributed by atoms with Crippen molar-refractivity contribution < 1.29 is 34.0 Å². The Balaban J connectivity index is 2.98. The van der Waals surface area contributed by atoms with E-state index in [4.69, 9.17) is 10.2 Å². The first-order chi connectivity index (χ1) is 7.84. The average molecular weight is 244 g/mol. The van der Waals surface area contributed by atoms with Crippen LogP contribution in [0, 0.1) is 0 Å². The minimum atomic E-state index is -1.71. The molecule has 1 rings (SSSR count). The van der Waals surface area contributed by atoms with E-state index in [1.807, 2.05) is 0 Å². The minimum Gasteiger partial charge on any atom is -0.478 e. The van der Waals surface area contributed by atoms with E-state index in [9.17, 15) is 19.1 Å². The van der Waals surface area contributed by atoms with Crippen LogP contribution >= 0.6 is 0 Å². The molecule has 0 aliphatic heterocycles. The lowest BCUT2D eigenvalue weighted by molar-refractivity contribution is -0.138. The van der Waals surface area contributed by atoms with Crippen LogP contribution in [-0.4, -0.2) is 39.5 Å². The molecular weight excluding hydrogens is 235 g/mol. The van der Waals surface area contributed by atoms with Gasteiger partial charge in [-0.2, -0.15) is 0 Å². The summed E-state index contributed by atoms with van der Waals surface area (Å²) in [6.45, 7) is 2.99. The Bertz CT molecular complexity index is 436. The van der Waals surface area contributed by atoms with Gasteiger partial charge in [0.05, 0.1) is 5.57 Å². The number of hydrogen-bond acceptors (Lipinski definition) is 4. The lowest BCUT2D eigenvalue weighted by atomic mass is 10.0. The van der Waals surface area contributed by atoms with E-state index in [1.165, 1.54) is 0 Å². The first-order valence-electron chi connectivity index (χ1n) is 4.42. The molecule has 1 aliphatic rings. The molecule has 0 amide bonds. The van der Waals surface area contributed by atoms with E-state index < -0.39 is 41.3 Å². The first-order valence-corrected chi connectivity index (χ1v) is 4.42. The normalized spacial score (nSPS) is 23.4. The van der Waals surface area contributed by atoms with Crippen molar-refractivity contribution in [2.45, 2.75) is 12.2 Å². The van der Waals surface area contributed by atoms with Crippen LogP contribution in [0.4, 0.5) is 4.39 Å². The molecule has 0 bridgehead atoms. The van der Waals surface area contributed by atoms with Gasteiger partial charge in [0.2, 0.25) is 0 Å². The summed E-state index contributed by atoms with van der Waals surface area (Å²) >= 11 is 0. The Hall–Kier alpha value is -2.15. The summed E-state index contributed by atoms with van der Waals surface area (Å²) in [4.78, 5) is 21.0. The van der Waals surface area contributed by atoms with Crippen molar-refractivity contribution in [1.82, 2.24) is 0 Å². The van der Waals surface area contributed by atoms with Crippen LogP contribution in [0.2, 0.25) is 0 Å². The van der Waals surface area contributed by atoms with Crippen LogP contribution in [0.1, 0.15) is 0 Å². The van der Waals surface area contributed by atoms with Crippen LogP contribution in [0.3, 0.4) is 0 Å². The van der Waals surface area contributed by atoms with Gasteiger partial charge in [0.1, 0.15) is 6.10 Å². The molecule has 0 fully saturated rings. The fourth-order valence-electron chi connectivity index (χ4n) is 1.18. The van der Waals surface area contributed by atoms with Gasteiger partial charge in [0.25, 0.3) is 0 Å². The van der Waals surface area contributed by atoms with Crippen molar-refractivity contribution in [3.63, 3.8) is 0 Å². The fraction of sp³-hybridized carbons (Fsp3) is 0.200. The number of rotatable bonds is 4. The predicted octanol–water partition coefficient (Wildman–Crippen LogP) is 0.209. The van der Waals surface area contributed by atoms with E-state index >= 15 is 0 Å². The second kappa shape index (κ2) is 4.79. The summed E-state index contributed by atoms with van der Waals surface area (Å²) in [6.07, 6.45) is -1.32. The zero-order valence-corrected chi connectivity index (χ0v) is 8.46. The minimum absolute atomic E-state index is 0.696. The molecule has 7 heteroatoms. The Morgan fingerprint density at radius 3 is 2.47 bits per heavy atom. The molecule has 0 aromatic carbocycles. The van der Waals surface area contributed by atoms with Crippen LogP contribution in [0.15, 0.2) is 35.9 Å². The van der Waals surface area contributed by atoms with Crippen LogP contribution in [0.25, 0.3) is 0 Å². The molecule has 92 valence electrons. The largest absolute Gasteiger partial charge is 0.478 e. The first kappa shape index (κ1) is 12.9. The molecule has 0 aromatic heterocycles. The van der Waals surface area contributed by atoms with Crippen molar-refractivity contribution in [1.29, 1.82) is 0 Å². The van der Waals surface area contributed by atoms with Gasteiger partial charge < -0.3 is 20.1 Å².